The third-order valence-electron chi connectivity index (χ3n) is 2.85. The van der Waals surface area contributed by atoms with Crippen molar-refractivity contribution in [3.63, 3.8) is 0 Å². The second-order valence-corrected chi connectivity index (χ2v) is 4.59. The number of hydrogen-bond acceptors (Lipinski definition) is 4. The van der Waals surface area contributed by atoms with Crippen LogP contribution in [0.4, 0.5) is 5.82 Å². The highest BCUT2D eigenvalue weighted by Crippen LogP contribution is 2.13. The molecule has 0 saturated carbocycles. The Morgan fingerprint density at radius 1 is 1.38 bits per heavy atom. The number of pyridine rings is 2. The fourth-order valence-corrected chi connectivity index (χ4v) is 2.03. The van der Waals surface area contributed by atoms with Crippen molar-refractivity contribution in [2.45, 2.75) is 20.8 Å². The third-order valence-corrected chi connectivity index (χ3v) is 2.85. The molecule has 0 saturated heterocycles. The van der Waals surface area contributed by atoms with Crippen LogP contribution in [-0.4, -0.2) is 22.5 Å². The third kappa shape index (κ3) is 3.47. The van der Waals surface area contributed by atoms with Crippen molar-refractivity contribution in [3.8, 4) is 5.88 Å². The van der Waals surface area contributed by atoms with Crippen LogP contribution in [0.1, 0.15) is 28.5 Å². The first-order chi connectivity index (χ1) is 10.0. The quantitative estimate of drug-likeness (QED) is 0.901. The number of hydrogen-bond donors (Lipinski definition) is 2. The molecular formula is C15H17N3O3. The van der Waals surface area contributed by atoms with Gasteiger partial charge in [0, 0.05) is 11.8 Å². The summed E-state index contributed by atoms with van der Waals surface area (Å²) in [6.07, 6.45) is 0. The molecule has 110 valence electrons. The van der Waals surface area contributed by atoms with Crippen LogP contribution in [0.3, 0.4) is 0 Å². The highest BCUT2D eigenvalue weighted by molar-refractivity contribution is 6.04. The number of amides is 1. The molecule has 1 amide bonds. The molecule has 0 radical (unpaired) electrons. The number of aryl methyl sites for hydroxylation is 2. The monoisotopic (exact) mass is 287 g/mol. The Morgan fingerprint density at radius 3 is 2.81 bits per heavy atom. The lowest BCUT2D eigenvalue weighted by Crippen LogP contribution is -2.25. The standard InChI is InChI=1S/C15H17N3O3/c1-4-21-12-7-5-6-11(17-12)18-15(20)13-9(2)8-10(3)16-14(13)19/h5-8H,4H2,1-3H3,(H,16,19)(H,17,18,20). The maximum Gasteiger partial charge on any atom is 0.262 e. The van der Waals surface area contributed by atoms with E-state index in [1.807, 2.05) is 6.92 Å². The molecule has 0 spiro atoms. The molecule has 21 heavy (non-hydrogen) atoms. The molecule has 6 nitrogen and oxygen atoms in total. The molecule has 0 fully saturated rings. The molecule has 0 aliphatic rings. The summed E-state index contributed by atoms with van der Waals surface area (Å²) in [6.45, 7) is 5.83. The zero-order valence-corrected chi connectivity index (χ0v) is 12.2. The van der Waals surface area contributed by atoms with Gasteiger partial charge in [0.05, 0.1) is 6.61 Å². The summed E-state index contributed by atoms with van der Waals surface area (Å²) in [5.41, 5.74) is 1.01. The van der Waals surface area contributed by atoms with E-state index in [9.17, 15) is 9.59 Å². The second kappa shape index (κ2) is 6.21. The minimum absolute atomic E-state index is 0.0872. The summed E-state index contributed by atoms with van der Waals surface area (Å²) in [4.78, 5) is 30.9. The van der Waals surface area contributed by atoms with E-state index in [0.717, 1.165) is 0 Å². The van der Waals surface area contributed by atoms with Crippen LogP contribution in [0, 0.1) is 13.8 Å². The molecule has 2 aromatic rings. The van der Waals surface area contributed by atoms with Gasteiger partial charge in [0.2, 0.25) is 5.88 Å². The Balaban J connectivity index is 2.26. The number of carbonyl (C=O) groups is 1. The van der Waals surface area contributed by atoms with Gasteiger partial charge >= 0.3 is 0 Å². The molecule has 2 heterocycles. The number of nitrogens with one attached hydrogen (secondary N) is 2. The van der Waals surface area contributed by atoms with Gasteiger partial charge in [0.1, 0.15) is 11.4 Å². The van der Waals surface area contributed by atoms with E-state index in [1.54, 1.807) is 38.1 Å². The van der Waals surface area contributed by atoms with Crippen molar-refractivity contribution < 1.29 is 9.53 Å². The van der Waals surface area contributed by atoms with E-state index in [4.69, 9.17) is 4.74 Å². The molecule has 0 atom stereocenters. The number of anilines is 1. The number of aromatic amines is 1. The van der Waals surface area contributed by atoms with Gasteiger partial charge in [0.15, 0.2) is 0 Å². The smallest absolute Gasteiger partial charge is 0.262 e. The minimum Gasteiger partial charge on any atom is -0.478 e. The molecular weight excluding hydrogens is 270 g/mol. The fourth-order valence-electron chi connectivity index (χ4n) is 2.03. The molecule has 0 aromatic carbocycles. The van der Waals surface area contributed by atoms with E-state index < -0.39 is 11.5 Å². The summed E-state index contributed by atoms with van der Waals surface area (Å²) in [5.74, 6) is 0.269. The Bertz CT molecular complexity index is 722. The lowest BCUT2D eigenvalue weighted by Gasteiger charge is -2.08. The van der Waals surface area contributed by atoms with Crippen molar-refractivity contribution in [2.24, 2.45) is 0 Å². The van der Waals surface area contributed by atoms with Gasteiger partial charge in [-0.25, -0.2) is 0 Å². The zero-order chi connectivity index (χ0) is 15.4. The number of carbonyl (C=O) groups excluding carboxylic acids is 1. The Hall–Kier alpha value is -2.63. The topological polar surface area (TPSA) is 84.1 Å². The number of H-pyrrole nitrogens is 1. The highest BCUT2D eigenvalue weighted by atomic mass is 16.5. The maximum atomic E-state index is 12.2. The minimum atomic E-state index is -0.491. The first kappa shape index (κ1) is 14.8. The lowest BCUT2D eigenvalue weighted by atomic mass is 10.1. The SMILES string of the molecule is CCOc1cccc(NC(=O)c2c(C)cc(C)[nH]c2=O)n1. The van der Waals surface area contributed by atoms with Gasteiger partial charge in [-0.15, -0.1) is 0 Å². The zero-order valence-electron chi connectivity index (χ0n) is 12.2. The Labute approximate surface area is 122 Å². The average Bonchev–Trinajstić information content (AvgIpc) is 2.38. The second-order valence-electron chi connectivity index (χ2n) is 4.59. The van der Waals surface area contributed by atoms with E-state index >= 15 is 0 Å². The first-order valence-corrected chi connectivity index (χ1v) is 6.63. The van der Waals surface area contributed by atoms with Crippen molar-refractivity contribution >= 4 is 11.7 Å². The van der Waals surface area contributed by atoms with Crippen molar-refractivity contribution in [1.82, 2.24) is 9.97 Å². The molecule has 6 heteroatoms. The van der Waals surface area contributed by atoms with Crippen LogP contribution < -0.4 is 15.6 Å². The Kier molecular flexibility index (Phi) is 4.37. The molecule has 2 aromatic heterocycles. The summed E-state index contributed by atoms with van der Waals surface area (Å²) in [6, 6.07) is 6.81. The van der Waals surface area contributed by atoms with Crippen LogP contribution >= 0.6 is 0 Å². The molecule has 0 aliphatic heterocycles. The van der Waals surface area contributed by atoms with Crippen LogP contribution in [0.2, 0.25) is 0 Å². The molecule has 2 rings (SSSR count). The molecule has 0 bridgehead atoms. The average molecular weight is 287 g/mol. The van der Waals surface area contributed by atoms with E-state index in [2.05, 4.69) is 15.3 Å². The number of nitrogens with zero attached hydrogens (tertiary/aromatic N) is 1. The molecule has 2 N–H and O–H groups in total. The normalized spacial score (nSPS) is 10.2. The summed E-state index contributed by atoms with van der Waals surface area (Å²) < 4.78 is 5.27. The first-order valence-electron chi connectivity index (χ1n) is 6.63. The highest BCUT2D eigenvalue weighted by Gasteiger charge is 2.15. The molecule has 0 unspecified atom stereocenters. The summed E-state index contributed by atoms with van der Waals surface area (Å²) in [7, 11) is 0. The van der Waals surface area contributed by atoms with Crippen molar-refractivity contribution in [3.05, 3.63) is 51.4 Å². The van der Waals surface area contributed by atoms with Gasteiger partial charge in [-0.1, -0.05) is 6.07 Å². The Morgan fingerprint density at radius 2 is 2.14 bits per heavy atom. The van der Waals surface area contributed by atoms with Gasteiger partial charge < -0.3 is 15.0 Å². The van der Waals surface area contributed by atoms with Gasteiger partial charge in [0.25, 0.3) is 11.5 Å². The van der Waals surface area contributed by atoms with Crippen molar-refractivity contribution in [1.29, 1.82) is 0 Å². The maximum absolute atomic E-state index is 12.2. The van der Waals surface area contributed by atoms with Gasteiger partial charge in [-0.05, 0) is 38.5 Å². The molecule has 0 aliphatic carbocycles. The largest absolute Gasteiger partial charge is 0.478 e. The van der Waals surface area contributed by atoms with E-state index in [-0.39, 0.29) is 5.56 Å². The number of rotatable bonds is 4. The summed E-state index contributed by atoms with van der Waals surface area (Å²) >= 11 is 0. The van der Waals surface area contributed by atoms with Crippen LogP contribution in [-0.2, 0) is 0 Å². The predicted molar refractivity (Wildman–Crippen MR) is 79.9 cm³/mol. The summed E-state index contributed by atoms with van der Waals surface area (Å²) in [5, 5.41) is 2.61. The van der Waals surface area contributed by atoms with Crippen LogP contribution in [0.25, 0.3) is 0 Å². The number of ether oxygens (including phenoxy) is 1. The van der Waals surface area contributed by atoms with Crippen LogP contribution in [0.5, 0.6) is 5.88 Å². The van der Waals surface area contributed by atoms with Crippen molar-refractivity contribution in [2.75, 3.05) is 11.9 Å². The van der Waals surface area contributed by atoms with Gasteiger partial charge in [-0.3, -0.25) is 9.59 Å². The van der Waals surface area contributed by atoms with Gasteiger partial charge in [-0.2, -0.15) is 4.98 Å². The lowest BCUT2D eigenvalue weighted by molar-refractivity contribution is 0.102. The fraction of sp³-hybridized carbons (Fsp3) is 0.267. The number of aromatic nitrogens is 2. The van der Waals surface area contributed by atoms with E-state index in [1.165, 1.54) is 0 Å². The van der Waals surface area contributed by atoms with Crippen LogP contribution in [0.15, 0.2) is 29.1 Å². The van der Waals surface area contributed by atoms with E-state index in [0.29, 0.717) is 29.6 Å². The predicted octanol–water partition coefficient (Wildman–Crippen LogP) is 2.04.